The maximum absolute atomic E-state index is 12.3. The molecule has 0 bridgehead atoms. The van der Waals surface area contributed by atoms with Gasteiger partial charge in [-0.3, -0.25) is 19.8 Å². The Morgan fingerprint density at radius 1 is 0.920 bits per heavy atom. The lowest BCUT2D eigenvalue weighted by Crippen LogP contribution is -2.45. The molecule has 0 atom stereocenters. The van der Waals surface area contributed by atoms with Gasteiger partial charge in [-0.1, -0.05) is 12.1 Å². The summed E-state index contributed by atoms with van der Waals surface area (Å²) in [6, 6.07) is 12.0. The molecule has 126 valence electrons. The predicted molar refractivity (Wildman–Crippen MR) is 86.8 cm³/mol. The minimum Gasteiger partial charge on any atom is -0.462 e. The first-order valence-corrected chi connectivity index (χ1v) is 7.59. The molecule has 1 N–H and O–H groups in total. The van der Waals surface area contributed by atoms with Crippen LogP contribution < -0.4 is 5.43 Å². The van der Waals surface area contributed by atoms with Crippen LogP contribution in [0, 0.1) is 0 Å². The Bertz CT molecular complexity index is 838. The SMILES string of the molecule is CCOC(=O)c1ccc(C(=O)NN2C(=O)c3ccccc3C2=O)cc1. The Hall–Kier alpha value is -3.48. The van der Waals surface area contributed by atoms with E-state index in [1.165, 1.54) is 36.4 Å². The molecule has 3 rings (SSSR count). The van der Waals surface area contributed by atoms with Gasteiger partial charge in [0.25, 0.3) is 17.7 Å². The summed E-state index contributed by atoms with van der Waals surface area (Å²) >= 11 is 0. The third-order valence-electron chi connectivity index (χ3n) is 3.67. The molecule has 3 amide bonds. The molecule has 1 aliphatic heterocycles. The number of nitrogens with zero attached hydrogens (tertiary/aromatic N) is 1. The van der Waals surface area contributed by atoms with Crippen LogP contribution in [-0.2, 0) is 4.74 Å². The van der Waals surface area contributed by atoms with Crippen LogP contribution in [0.1, 0.15) is 48.4 Å². The van der Waals surface area contributed by atoms with Gasteiger partial charge in [-0.25, -0.2) is 4.79 Å². The van der Waals surface area contributed by atoms with Gasteiger partial charge in [0, 0.05) is 5.56 Å². The third-order valence-corrected chi connectivity index (χ3v) is 3.67. The summed E-state index contributed by atoms with van der Waals surface area (Å²) in [6.07, 6.45) is 0. The van der Waals surface area contributed by atoms with Crippen molar-refractivity contribution in [1.82, 2.24) is 10.4 Å². The molecule has 0 aromatic heterocycles. The molecule has 7 heteroatoms. The van der Waals surface area contributed by atoms with Crippen molar-refractivity contribution in [1.29, 1.82) is 0 Å². The number of ether oxygens (including phenoxy) is 1. The fourth-order valence-electron chi connectivity index (χ4n) is 2.43. The van der Waals surface area contributed by atoms with Gasteiger partial charge >= 0.3 is 5.97 Å². The number of imide groups is 1. The van der Waals surface area contributed by atoms with E-state index in [1.807, 2.05) is 0 Å². The summed E-state index contributed by atoms with van der Waals surface area (Å²) in [4.78, 5) is 48.3. The van der Waals surface area contributed by atoms with E-state index in [9.17, 15) is 19.2 Å². The molecular formula is C18H14N2O5. The number of rotatable bonds is 4. The highest BCUT2D eigenvalue weighted by molar-refractivity contribution is 6.22. The van der Waals surface area contributed by atoms with Crippen molar-refractivity contribution in [2.75, 3.05) is 6.61 Å². The summed E-state index contributed by atoms with van der Waals surface area (Å²) in [5, 5.41) is 0.687. The zero-order valence-electron chi connectivity index (χ0n) is 13.3. The molecule has 0 spiro atoms. The molecule has 0 radical (unpaired) electrons. The fraction of sp³-hybridized carbons (Fsp3) is 0.111. The molecular weight excluding hydrogens is 324 g/mol. The molecule has 2 aromatic rings. The number of nitrogens with one attached hydrogen (secondary N) is 1. The van der Waals surface area contributed by atoms with Crippen molar-refractivity contribution >= 4 is 23.7 Å². The zero-order valence-corrected chi connectivity index (χ0v) is 13.3. The van der Waals surface area contributed by atoms with Gasteiger partial charge in [-0.05, 0) is 43.3 Å². The van der Waals surface area contributed by atoms with Crippen LogP contribution >= 0.6 is 0 Å². The Balaban J connectivity index is 1.74. The van der Waals surface area contributed by atoms with Gasteiger partial charge in [-0.2, -0.15) is 5.01 Å². The second-order valence-electron chi connectivity index (χ2n) is 5.23. The fourth-order valence-corrected chi connectivity index (χ4v) is 2.43. The number of hydrogen-bond acceptors (Lipinski definition) is 5. The Morgan fingerprint density at radius 3 is 1.96 bits per heavy atom. The number of hydrogen-bond donors (Lipinski definition) is 1. The normalized spacial score (nSPS) is 12.8. The number of carbonyl (C=O) groups excluding carboxylic acids is 4. The second kappa shape index (κ2) is 6.56. The van der Waals surface area contributed by atoms with Crippen molar-refractivity contribution in [2.45, 2.75) is 6.92 Å². The first-order valence-electron chi connectivity index (χ1n) is 7.59. The molecule has 2 aromatic carbocycles. The number of benzene rings is 2. The topological polar surface area (TPSA) is 92.8 Å². The lowest BCUT2D eigenvalue weighted by Gasteiger charge is -2.15. The third kappa shape index (κ3) is 2.99. The first-order chi connectivity index (χ1) is 12.0. The second-order valence-corrected chi connectivity index (χ2v) is 5.23. The number of esters is 1. The highest BCUT2D eigenvalue weighted by Gasteiger charge is 2.36. The van der Waals surface area contributed by atoms with Crippen molar-refractivity contribution in [3.05, 3.63) is 70.8 Å². The maximum Gasteiger partial charge on any atom is 0.338 e. The van der Waals surface area contributed by atoms with Crippen molar-refractivity contribution in [3.8, 4) is 0 Å². The average molecular weight is 338 g/mol. The molecule has 0 fully saturated rings. The predicted octanol–water partition coefficient (Wildman–Crippen LogP) is 1.80. The molecule has 0 unspecified atom stereocenters. The van der Waals surface area contributed by atoms with Crippen molar-refractivity contribution in [3.63, 3.8) is 0 Å². The Labute approximate surface area is 143 Å². The quantitative estimate of drug-likeness (QED) is 0.678. The standard InChI is InChI=1S/C18H14N2O5/c1-2-25-18(24)12-9-7-11(8-10-12)15(21)19-20-16(22)13-5-3-4-6-14(13)17(20)23/h3-10H,2H2,1H3,(H,19,21). The number of carbonyl (C=O) groups is 4. The Morgan fingerprint density at radius 2 is 1.44 bits per heavy atom. The van der Waals surface area contributed by atoms with Gasteiger partial charge in [0.15, 0.2) is 0 Å². The highest BCUT2D eigenvalue weighted by atomic mass is 16.5. The van der Waals surface area contributed by atoms with Crippen LogP contribution in [0.25, 0.3) is 0 Å². The van der Waals surface area contributed by atoms with Crippen LogP contribution in [0.4, 0.5) is 0 Å². The van der Waals surface area contributed by atoms with Gasteiger partial charge in [0.2, 0.25) is 0 Å². The largest absolute Gasteiger partial charge is 0.462 e. The molecule has 0 saturated heterocycles. The van der Waals surface area contributed by atoms with Crippen LogP contribution in [0.15, 0.2) is 48.5 Å². The summed E-state index contributed by atoms with van der Waals surface area (Å²) in [5.74, 6) is -2.30. The van der Waals surface area contributed by atoms with Gasteiger partial charge < -0.3 is 4.74 Å². The number of amides is 3. The smallest absolute Gasteiger partial charge is 0.338 e. The highest BCUT2D eigenvalue weighted by Crippen LogP contribution is 2.21. The summed E-state index contributed by atoms with van der Waals surface area (Å²) < 4.78 is 4.86. The minimum atomic E-state index is -0.634. The molecule has 25 heavy (non-hydrogen) atoms. The number of hydrazine groups is 1. The molecule has 7 nitrogen and oxygen atoms in total. The molecule has 0 aliphatic carbocycles. The summed E-state index contributed by atoms with van der Waals surface area (Å²) in [5.41, 5.74) is 3.28. The van der Waals surface area contributed by atoms with Crippen LogP contribution in [0.2, 0.25) is 0 Å². The van der Waals surface area contributed by atoms with E-state index in [2.05, 4.69) is 5.43 Å². The van der Waals surface area contributed by atoms with Gasteiger partial charge in [-0.15, -0.1) is 0 Å². The van der Waals surface area contributed by atoms with Crippen LogP contribution in [-0.4, -0.2) is 35.3 Å². The van der Waals surface area contributed by atoms with Crippen molar-refractivity contribution < 1.29 is 23.9 Å². The summed E-state index contributed by atoms with van der Waals surface area (Å²) in [7, 11) is 0. The lowest BCUT2D eigenvalue weighted by atomic mass is 10.1. The van der Waals surface area contributed by atoms with E-state index in [0.717, 1.165) is 0 Å². The van der Waals surface area contributed by atoms with Gasteiger partial charge in [0.1, 0.15) is 0 Å². The van der Waals surface area contributed by atoms with E-state index in [0.29, 0.717) is 10.6 Å². The van der Waals surface area contributed by atoms with E-state index in [-0.39, 0.29) is 23.3 Å². The van der Waals surface area contributed by atoms with Crippen LogP contribution in [0.3, 0.4) is 0 Å². The van der Waals surface area contributed by atoms with E-state index in [1.54, 1.807) is 19.1 Å². The van der Waals surface area contributed by atoms with E-state index >= 15 is 0 Å². The minimum absolute atomic E-state index is 0.199. The van der Waals surface area contributed by atoms with Crippen molar-refractivity contribution in [2.24, 2.45) is 0 Å². The average Bonchev–Trinajstić information content (AvgIpc) is 2.87. The van der Waals surface area contributed by atoms with Crippen LogP contribution in [0.5, 0.6) is 0 Å². The first kappa shape index (κ1) is 16.4. The Kier molecular flexibility index (Phi) is 4.30. The van der Waals surface area contributed by atoms with E-state index < -0.39 is 23.7 Å². The molecule has 1 heterocycles. The van der Waals surface area contributed by atoms with E-state index in [4.69, 9.17) is 4.74 Å². The maximum atomic E-state index is 12.3. The molecule has 0 saturated carbocycles. The zero-order chi connectivity index (χ0) is 18.0. The number of fused-ring (bicyclic) bond motifs is 1. The lowest BCUT2D eigenvalue weighted by molar-refractivity contribution is 0.0516. The van der Waals surface area contributed by atoms with Gasteiger partial charge in [0.05, 0.1) is 23.3 Å². The molecule has 1 aliphatic rings. The monoisotopic (exact) mass is 338 g/mol. The summed E-state index contributed by atoms with van der Waals surface area (Å²) in [6.45, 7) is 1.95.